The molecule has 0 atom stereocenters. The zero-order chi connectivity index (χ0) is 13.7. The van der Waals surface area contributed by atoms with Crippen LogP contribution in [0.4, 0.5) is 0 Å². The van der Waals surface area contributed by atoms with E-state index in [1.165, 1.54) is 16.7 Å². The predicted octanol–water partition coefficient (Wildman–Crippen LogP) is 5.02. The Labute approximate surface area is 120 Å². The highest BCUT2D eigenvalue weighted by molar-refractivity contribution is 6.17. The summed E-state index contributed by atoms with van der Waals surface area (Å²) in [5, 5.41) is 0. The normalized spacial score (nSPS) is 10.9. The van der Waals surface area contributed by atoms with E-state index >= 15 is 0 Å². The lowest BCUT2D eigenvalue weighted by molar-refractivity contribution is 0.0657. The standard InChI is InChI=1S/C17H19ClO/c1-13(2)19-12-14-7-9-15(10-8-14)17-6-4-3-5-16(17)11-18/h3-10,13H,11-12H2,1-2H3. The van der Waals surface area contributed by atoms with Crippen LogP contribution in [-0.4, -0.2) is 6.10 Å². The summed E-state index contributed by atoms with van der Waals surface area (Å²) in [6.07, 6.45) is 0.261. The Balaban J connectivity index is 2.18. The lowest BCUT2D eigenvalue weighted by Crippen LogP contribution is -2.01. The van der Waals surface area contributed by atoms with Crippen molar-refractivity contribution in [2.45, 2.75) is 32.4 Å². The Morgan fingerprint density at radius 3 is 2.32 bits per heavy atom. The number of benzene rings is 2. The summed E-state index contributed by atoms with van der Waals surface area (Å²) in [5.41, 5.74) is 4.76. The molecule has 19 heavy (non-hydrogen) atoms. The van der Waals surface area contributed by atoms with Crippen molar-refractivity contribution in [2.75, 3.05) is 0 Å². The van der Waals surface area contributed by atoms with Gasteiger partial charge in [0.1, 0.15) is 0 Å². The fourth-order valence-electron chi connectivity index (χ4n) is 1.96. The zero-order valence-corrected chi connectivity index (χ0v) is 12.2. The van der Waals surface area contributed by atoms with Crippen molar-refractivity contribution in [3.63, 3.8) is 0 Å². The summed E-state index contributed by atoms with van der Waals surface area (Å²) in [6, 6.07) is 16.7. The van der Waals surface area contributed by atoms with Gasteiger partial charge < -0.3 is 4.74 Å². The maximum absolute atomic E-state index is 5.98. The van der Waals surface area contributed by atoms with Crippen LogP contribution in [0.5, 0.6) is 0 Å². The highest BCUT2D eigenvalue weighted by atomic mass is 35.5. The molecule has 2 rings (SSSR count). The molecule has 100 valence electrons. The average molecular weight is 275 g/mol. The van der Waals surface area contributed by atoms with Crippen molar-refractivity contribution in [3.05, 3.63) is 59.7 Å². The Kier molecular flexibility index (Phi) is 5.00. The summed E-state index contributed by atoms with van der Waals surface area (Å²) < 4.78 is 5.60. The second kappa shape index (κ2) is 6.74. The van der Waals surface area contributed by atoms with Crippen molar-refractivity contribution in [2.24, 2.45) is 0 Å². The lowest BCUT2D eigenvalue weighted by atomic mass is 10.00. The van der Waals surface area contributed by atoms with Crippen LogP contribution in [0.3, 0.4) is 0 Å². The molecule has 0 amide bonds. The van der Waals surface area contributed by atoms with E-state index in [-0.39, 0.29) is 6.10 Å². The molecule has 2 aromatic carbocycles. The predicted molar refractivity (Wildman–Crippen MR) is 81.4 cm³/mol. The smallest absolute Gasteiger partial charge is 0.0720 e. The largest absolute Gasteiger partial charge is 0.374 e. The van der Waals surface area contributed by atoms with Crippen LogP contribution in [0.15, 0.2) is 48.5 Å². The van der Waals surface area contributed by atoms with E-state index in [0.29, 0.717) is 12.5 Å². The van der Waals surface area contributed by atoms with Gasteiger partial charge in [0, 0.05) is 5.88 Å². The van der Waals surface area contributed by atoms with E-state index in [4.69, 9.17) is 16.3 Å². The van der Waals surface area contributed by atoms with E-state index in [1.54, 1.807) is 0 Å². The number of ether oxygens (including phenoxy) is 1. The first-order valence-corrected chi connectivity index (χ1v) is 7.09. The summed E-state index contributed by atoms with van der Waals surface area (Å²) in [7, 11) is 0. The molecule has 0 unspecified atom stereocenters. The maximum atomic E-state index is 5.98. The van der Waals surface area contributed by atoms with Crippen LogP contribution in [-0.2, 0) is 17.2 Å². The van der Waals surface area contributed by atoms with Gasteiger partial charge in [0.25, 0.3) is 0 Å². The van der Waals surface area contributed by atoms with E-state index in [9.17, 15) is 0 Å². The van der Waals surface area contributed by atoms with Gasteiger partial charge in [-0.15, -0.1) is 11.6 Å². The molecule has 0 fully saturated rings. The Morgan fingerprint density at radius 2 is 1.68 bits per heavy atom. The second-order valence-electron chi connectivity index (χ2n) is 4.85. The summed E-state index contributed by atoms with van der Waals surface area (Å²) in [6.45, 7) is 4.76. The minimum absolute atomic E-state index is 0.261. The summed E-state index contributed by atoms with van der Waals surface area (Å²) in [5.74, 6) is 0.536. The third-order valence-corrected chi connectivity index (χ3v) is 3.30. The molecule has 0 aromatic heterocycles. The fourth-order valence-corrected chi connectivity index (χ4v) is 2.19. The molecule has 0 N–H and O–H groups in total. The zero-order valence-electron chi connectivity index (χ0n) is 11.4. The van der Waals surface area contributed by atoms with E-state index in [2.05, 4.69) is 36.4 Å². The quantitative estimate of drug-likeness (QED) is 0.696. The number of hydrogen-bond donors (Lipinski definition) is 0. The van der Waals surface area contributed by atoms with Crippen LogP contribution in [0, 0.1) is 0 Å². The SMILES string of the molecule is CC(C)OCc1ccc(-c2ccccc2CCl)cc1. The molecule has 0 saturated heterocycles. The molecular formula is C17H19ClO. The van der Waals surface area contributed by atoms with Crippen molar-refractivity contribution >= 4 is 11.6 Å². The Bertz CT molecular complexity index is 517. The molecule has 0 spiro atoms. The number of rotatable bonds is 5. The van der Waals surface area contributed by atoms with Gasteiger partial charge in [-0.25, -0.2) is 0 Å². The molecule has 2 heteroatoms. The molecule has 2 aromatic rings. The van der Waals surface area contributed by atoms with Gasteiger partial charge in [0.05, 0.1) is 12.7 Å². The van der Waals surface area contributed by atoms with Gasteiger partial charge in [-0.05, 0) is 36.1 Å². The molecule has 0 radical (unpaired) electrons. The van der Waals surface area contributed by atoms with Crippen LogP contribution in [0.2, 0.25) is 0 Å². The van der Waals surface area contributed by atoms with E-state index in [1.807, 2.05) is 26.0 Å². The van der Waals surface area contributed by atoms with Gasteiger partial charge in [0.15, 0.2) is 0 Å². The van der Waals surface area contributed by atoms with Gasteiger partial charge in [-0.2, -0.15) is 0 Å². The topological polar surface area (TPSA) is 9.23 Å². The fraction of sp³-hybridized carbons (Fsp3) is 0.294. The molecule has 0 saturated carbocycles. The van der Waals surface area contributed by atoms with Crippen LogP contribution < -0.4 is 0 Å². The highest BCUT2D eigenvalue weighted by Crippen LogP contribution is 2.25. The number of alkyl halides is 1. The monoisotopic (exact) mass is 274 g/mol. The lowest BCUT2D eigenvalue weighted by Gasteiger charge is -2.10. The minimum atomic E-state index is 0.261. The van der Waals surface area contributed by atoms with Crippen molar-refractivity contribution < 1.29 is 4.74 Å². The molecule has 0 heterocycles. The van der Waals surface area contributed by atoms with Crippen LogP contribution in [0.25, 0.3) is 11.1 Å². The molecule has 1 nitrogen and oxygen atoms in total. The van der Waals surface area contributed by atoms with Crippen molar-refractivity contribution in [3.8, 4) is 11.1 Å². The van der Waals surface area contributed by atoms with Gasteiger partial charge in [-0.3, -0.25) is 0 Å². The molecule has 0 aliphatic carbocycles. The van der Waals surface area contributed by atoms with Gasteiger partial charge in [-0.1, -0.05) is 48.5 Å². The van der Waals surface area contributed by atoms with Gasteiger partial charge in [0.2, 0.25) is 0 Å². The average Bonchev–Trinajstić information content (AvgIpc) is 2.45. The third kappa shape index (κ3) is 3.82. The first-order valence-electron chi connectivity index (χ1n) is 6.55. The maximum Gasteiger partial charge on any atom is 0.0720 e. The van der Waals surface area contributed by atoms with Crippen LogP contribution in [0.1, 0.15) is 25.0 Å². The first-order chi connectivity index (χ1) is 9.20. The van der Waals surface area contributed by atoms with E-state index in [0.717, 1.165) is 5.56 Å². The molecular weight excluding hydrogens is 256 g/mol. The van der Waals surface area contributed by atoms with E-state index < -0.39 is 0 Å². The van der Waals surface area contributed by atoms with Gasteiger partial charge >= 0.3 is 0 Å². The number of hydrogen-bond acceptors (Lipinski definition) is 1. The number of halogens is 1. The third-order valence-electron chi connectivity index (χ3n) is 3.01. The minimum Gasteiger partial charge on any atom is -0.374 e. The summed E-state index contributed by atoms with van der Waals surface area (Å²) >= 11 is 5.98. The molecule has 0 bridgehead atoms. The first kappa shape index (κ1) is 14.1. The summed E-state index contributed by atoms with van der Waals surface area (Å²) in [4.78, 5) is 0. The Morgan fingerprint density at radius 1 is 1.00 bits per heavy atom. The second-order valence-corrected chi connectivity index (χ2v) is 5.11. The molecule has 0 aliphatic rings. The van der Waals surface area contributed by atoms with Crippen molar-refractivity contribution in [1.29, 1.82) is 0 Å². The van der Waals surface area contributed by atoms with Crippen molar-refractivity contribution in [1.82, 2.24) is 0 Å². The molecule has 0 aliphatic heterocycles. The highest BCUT2D eigenvalue weighted by Gasteiger charge is 2.04. The van der Waals surface area contributed by atoms with Crippen LogP contribution >= 0.6 is 11.6 Å². The Hall–Kier alpha value is -1.31.